The highest BCUT2D eigenvalue weighted by Gasteiger charge is 2.14. The molecule has 1 heterocycles. The first-order valence-corrected chi connectivity index (χ1v) is 10.8. The third-order valence-electron chi connectivity index (χ3n) is 4.44. The molecule has 1 aromatic heterocycles. The summed E-state index contributed by atoms with van der Waals surface area (Å²) >= 11 is 1.33. The zero-order valence-electron chi connectivity index (χ0n) is 17.5. The average Bonchev–Trinajstić information content (AvgIpc) is 3.25. The van der Waals surface area contributed by atoms with Gasteiger partial charge in [-0.2, -0.15) is 0 Å². The van der Waals surface area contributed by atoms with E-state index in [1.807, 2.05) is 36.6 Å². The van der Waals surface area contributed by atoms with Crippen LogP contribution in [0.1, 0.15) is 22.8 Å². The topological polar surface area (TPSA) is 89.5 Å². The number of amides is 2. The molecule has 2 N–H and O–H groups in total. The molecule has 0 saturated carbocycles. The van der Waals surface area contributed by atoms with E-state index in [2.05, 4.69) is 15.6 Å². The van der Waals surface area contributed by atoms with Gasteiger partial charge in [0, 0.05) is 18.1 Å². The molecular formula is C23H25N3O4S. The fraction of sp³-hybridized carbons (Fsp3) is 0.261. The summed E-state index contributed by atoms with van der Waals surface area (Å²) in [6.45, 7) is 2.82. The van der Waals surface area contributed by atoms with Gasteiger partial charge in [0.15, 0.2) is 5.13 Å². The van der Waals surface area contributed by atoms with Crippen molar-refractivity contribution in [2.75, 3.05) is 32.2 Å². The average molecular weight is 440 g/mol. The molecule has 2 aromatic carbocycles. The lowest BCUT2D eigenvalue weighted by Gasteiger charge is -2.10. The summed E-state index contributed by atoms with van der Waals surface area (Å²) in [6, 6.07) is 15.0. The molecule has 0 spiro atoms. The van der Waals surface area contributed by atoms with Crippen molar-refractivity contribution in [1.82, 2.24) is 10.3 Å². The Morgan fingerprint density at radius 1 is 1.10 bits per heavy atom. The lowest BCUT2D eigenvalue weighted by Crippen LogP contribution is -2.33. The van der Waals surface area contributed by atoms with Gasteiger partial charge in [-0.1, -0.05) is 36.4 Å². The Labute approximate surface area is 185 Å². The predicted octanol–water partition coefficient (Wildman–Crippen LogP) is 3.77. The van der Waals surface area contributed by atoms with Gasteiger partial charge in [-0.05, 0) is 31.0 Å². The van der Waals surface area contributed by atoms with Crippen LogP contribution in [0.5, 0.6) is 5.75 Å². The molecule has 0 aliphatic heterocycles. The molecule has 3 aromatic rings. The number of rotatable bonds is 10. The number of benzene rings is 2. The maximum Gasteiger partial charge on any atom is 0.255 e. The van der Waals surface area contributed by atoms with E-state index in [4.69, 9.17) is 9.47 Å². The minimum Gasteiger partial charge on any atom is -0.493 e. The normalized spacial score (nSPS) is 10.5. The maximum absolute atomic E-state index is 12.4. The Kier molecular flexibility index (Phi) is 8.14. The largest absolute Gasteiger partial charge is 0.493 e. The number of nitrogens with one attached hydrogen (secondary N) is 2. The molecule has 0 radical (unpaired) electrons. The Hall–Kier alpha value is -3.23. The van der Waals surface area contributed by atoms with Crippen molar-refractivity contribution in [2.24, 2.45) is 0 Å². The quantitative estimate of drug-likeness (QED) is 0.502. The lowest BCUT2D eigenvalue weighted by molar-refractivity contribution is -0.115. The highest BCUT2D eigenvalue weighted by molar-refractivity contribution is 7.14. The van der Waals surface area contributed by atoms with Gasteiger partial charge >= 0.3 is 0 Å². The number of anilines is 1. The number of aromatic nitrogens is 1. The van der Waals surface area contributed by atoms with E-state index in [-0.39, 0.29) is 18.4 Å². The van der Waals surface area contributed by atoms with Gasteiger partial charge < -0.3 is 20.1 Å². The number of hydrogen-bond acceptors (Lipinski definition) is 6. The Morgan fingerprint density at radius 2 is 1.87 bits per heavy atom. The van der Waals surface area contributed by atoms with Crippen LogP contribution in [0.2, 0.25) is 0 Å². The third-order valence-corrected chi connectivity index (χ3v) is 5.19. The fourth-order valence-corrected chi connectivity index (χ4v) is 3.62. The summed E-state index contributed by atoms with van der Waals surface area (Å²) in [5.74, 6) is -0.230. The van der Waals surface area contributed by atoms with Crippen molar-refractivity contribution in [3.8, 4) is 17.0 Å². The number of thiazole rings is 1. The van der Waals surface area contributed by atoms with Gasteiger partial charge in [-0.15, -0.1) is 11.3 Å². The number of hydrogen-bond donors (Lipinski definition) is 2. The third kappa shape index (κ3) is 6.37. The molecule has 3 rings (SSSR count). The van der Waals surface area contributed by atoms with Crippen molar-refractivity contribution < 1.29 is 19.1 Å². The number of ether oxygens (including phenoxy) is 2. The van der Waals surface area contributed by atoms with Crippen LogP contribution in [-0.2, 0) is 16.0 Å². The first-order valence-electron chi connectivity index (χ1n) is 9.94. The van der Waals surface area contributed by atoms with E-state index in [0.717, 1.165) is 17.7 Å². The monoisotopic (exact) mass is 439 g/mol. The Bertz CT molecular complexity index is 1020. The van der Waals surface area contributed by atoms with Gasteiger partial charge in [0.2, 0.25) is 5.91 Å². The minimum atomic E-state index is -0.368. The maximum atomic E-state index is 12.4. The molecule has 0 fully saturated rings. The van der Waals surface area contributed by atoms with Gasteiger partial charge in [0.1, 0.15) is 5.75 Å². The van der Waals surface area contributed by atoms with Crippen molar-refractivity contribution >= 4 is 28.3 Å². The van der Waals surface area contributed by atoms with Gasteiger partial charge in [0.25, 0.3) is 5.91 Å². The number of carbonyl (C=O) groups excluding carboxylic acids is 2. The number of nitrogens with zero attached hydrogens (tertiary/aromatic N) is 1. The molecule has 162 valence electrons. The molecule has 7 nitrogen and oxygen atoms in total. The number of para-hydroxylation sites is 1. The van der Waals surface area contributed by atoms with Crippen LogP contribution in [0.4, 0.5) is 5.13 Å². The minimum absolute atomic E-state index is 0.164. The van der Waals surface area contributed by atoms with Crippen molar-refractivity contribution in [1.29, 1.82) is 0 Å². The van der Waals surface area contributed by atoms with E-state index in [1.165, 1.54) is 16.9 Å². The number of methoxy groups -OCH3 is 1. The SMILES string of the molecule is CCOc1ccccc1C(=O)NCC(=O)Nc1nc(-c2ccc(CCOC)cc2)cs1. The van der Waals surface area contributed by atoms with Gasteiger partial charge in [0.05, 0.1) is 31.0 Å². The summed E-state index contributed by atoms with van der Waals surface area (Å²) in [7, 11) is 1.69. The first-order chi connectivity index (χ1) is 15.1. The molecule has 0 aliphatic rings. The van der Waals surface area contributed by atoms with Crippen molar-refractivity contribution in [2.45, 2.75) is 13.3 Å². The van der Waals surface area contributed by atoms with E-state index >= 15 is 0 Å². The highest BCUT2D eigenvalue weighted by atomic mass is 32.1. The summed E-state index contributed by atoms with van der Waals surface area (Å²) in [4.78, 5) is 29.1. The fourth-order valence-electron chi connectivity index (χ4n) is 2.88. The number of carbonyl (C=O) groups is 2. The van der Waals surface area contributed by atoms with Crippen LogP contribution in [0.25, 0.3) is 11.3 Å². The summed E-state index contributed by atoms with van der Waals surface area (Å²) < 4.78 is 10.6. The van der Waals surface area contributed by atoms with Crippen LogP contribution in [0.3, 0.4) is 0 Å². The standard InChI is InChI=1S/C23H25N3O4S/c1-3-30-20-7-5-4-6-18(20)22(28)24-14-21(27)26-23-25-19(15-31-23)17-10-8-16(9-11-17)12-13-29-2/h4-11,15H,3,12-14H2,1-2H3,(H,24,28)(H,25,26,27). The molecule has 8 heteroatoms. The molecule has 0 saturated heterocycles. The lowest BCUT2D eigenvalue weighted by atomic mass is 10.1. The van der Waals surface area contributed by atoms with Crippen LogP contribution >= 0.6 is 11.3 Å². The molecule has 31 heavy (non-hydrogen) atoms. The Morgan fingerprint density at radius 3 is 2.61 bits per heavy atom. The predicted molar refractivity (Wildman–Crippen MR) is 122 cm³/mol. The second kappa shape index (κ2) is 11.2. The molecule has 2 amide bonds. The molecule has 0 aliphatic carbocycles. The zero-order chi connectivity index (χ0) is 22.1. The second-order valence-corrected chi connectivity index (χ2v) is 7.50. The van der Waals surface area contributed by atoms with Crippen molar-refractivity contribution in [3.05, 3.63) is 65.0 Å². The van der Waals surface area contributed by atoms with Crippen LogP contribution in [0.15, 0.2) is 53.9 Å². The van der Waals surface area contributed by atoms with Gasteiger partial charge in [-0.25, -0.2) is 4.98 Å². The second-order valence-electron chi connectivity index (χ2n) is 6.64. The molecule has 0 atom stereocenters. The molecular weight excluding hydrogens is 414 g/mol. The van der Waals surface area contributed by atoms with Crippen LogP contribution in [-0.4, -0.2) is 43.7 Å². The summed E-state index contributed by atoms with van der Waals surface area (Å²) in [5, 5.41) is 7.70. The summed E-state index contributed by atoms with van der Waals surface area (Å²) in [6.07, 6.45) is 0.857. The van der Waals surface area contributed by atoms with Crippen molar-refractivity contribution in [3.63, 3.8) is 0 Å². The van der Waals surface area contributed by atoms with E-state index in [9.17, 15) is 9.59 Å². The smallest absolute Gasteiger partial charge is 0.255 e. The zero-order valence-corrected chi connectivity index (χ0v) is 18.3. The van der Waals surface area contributed by atoms with E-state index < -0.39 is 0 Å². The van der Waals surface area contributed by atoms with E-state index in [0.29, 0.717) is 29.7 Å². The first kappa shape index (κ1) is 22.5. The van der Waals surface area contributed by atoms with E-state index in [1.54, 1.807) is 31.4 Å². The Balaban J connectivity index is 1.54. The van der Waals surface area contributed by atoms with Crippen LogP contribution in [0, 0.1) is 0 Å². The highest BCUT2D eigenvalue weighted by Crippen LogP contribution is 2.25. The van der Waals surface area contributed by atoms with Crippen LogP contribution < -0.4 is 15.4 Å². The molecule has 0 bridgehead atoms. The molecule has 0 unspecified atom stereocenters. The van der Waals surface area contributed by atoms with Gasteiger partial charge in [-0.3, -0.25) is 9.59 Å². The summed E-state index contributed by atoms with van der Waals surface area (Å²) in [5.41, 5.74) is 3.34.